The van der Waals surface area contributed by atoms with Gasteiger partial charge in [0.15, 0.2) is 0 Å². The van der Waals surface area contributed by atoms with Gasteiger partial charge in [0, 0.05) is 19.4 Å². The maximum absolute atomic E-state index is 11.7. The third-order valence-corrected chi connectivity index (χ3v) is 5.22. The zero-order chi connectivity index (χ0) is 21.3. The van der Waals surface area contributed by atoms with E-state index in [0.29, 0.717) is 25.5 Å². The molecule has 3 rings (SSSR count). The van der Waals surface area contributed by atoms with Crippen LogP contribution in [0.4, 0.5) is 0 Å². The monoisotopic (exact) mass is 407 g/mol. The summed E-state index contributed by atoms with van der Waals surface area (Å²) in [7, 11) is 0. The highest BCUT2D eigenvalue weighted by atomic mass is 16.5. The van der Waals surface area contributed by atoms with Crippen LogP contribution in [0.15, 0.2) is 48.5 Å². The third-order valence-electron chi connectivity index (χ3n) is 5.22. The SMILES string of the molecule is CCCC(=O)NCCCc1nc2ccccc2n1CCOc1ccccc1C(C)C. The van der Waals surface area contributed by atoms with E-state index in [1.807, 2.05) is 37.3 Å². The van der Waals surface area contributed by atoms with Gasteiger partial charge in [-0.2, -0.15) is 0 Å². The van der Waals surface area contributed by atoms with Crippen LogP contribution in [0.1, 0.15) is 57.3 Å². The van der Waals surface area contributed by atoms with Crippen molar-refractivity contribution in [3.05, 3.63) is 59.9 Å². The lowest BCUT2D eigenvalue weighted by Gasteiger charge is -2.15. The largest absolute Gasteiger partial charge is 0.491 e. The van der Waals surface area contributed by atoms with E-state index in [-0.39, 0.29) is 5.91 Å². The van der Waals surface area contributed by atoms with Crippen LogP contribution in [0.2, 0.25) is 0 Å². The van der Waals surface area contributed by atoms with E-state index in [2.05, 4.69) is 41.9 Å². The lowest BCUT2D eigenvalue weighted by Crippen LogP contribution is -2.24. The Labute approximate surface area is 179 Å². The maximum atomic E-state index is 11.7. The van der Waals surface area contributed by atoms with Gasteiger partial charge in [-0.1, -0.05) is 51.1 Å². The Kier molecular flexibility index (Phi) is 7.89. The van der Waals surface area contributed by atoms with E-state index in [9.17, 15) is 4.79 Å². The second-order valence-electron chi connectivity index (χ2n) is 7.91. The maximum Gasteiger partial charge on any atom is 0.219 e. The van der Waals surface area contributed by atoms with Crippen molar-refractivity contribution in [2.75, 3.05) is 13.2 Å². The van der Waals surface area contributed by atoms with Gasteiger partial charge < -0.3 is 14.6 Å². The number of carbonyl (C=O) groups is 1. The van der Waals surface area contributed by atoms with Crippen molar-refractivity contribution < 1.29 is 9.53 Å². The molecule has 160 valence electrons. The molecular weight excluding hydrogens is 374 g/mol. The van der Waals surface area contributed by atoms with Gasteiger partial charge in [-0.25, -0.2) is 4.98 Å². The highest BCUT2D eigenvalue weighted by Crippen LogP contribution is 2.26. The molecule has 0 atom stereocenters. The highest BCUT2D eigenvalue weighted by Gasteiger charge is 2.12. The van der Waals surface area contributed by atoms with Crippen LogP contribution >= 0.6 is 0 Å². The minimum absolute atomic E-state index is 0.128. The summed E-state index contributed by atoms with van der Waals surface area (Å²) in [4.78, 5) is 16.5. The minimum atomic E-state index is 0.128. The summed E-state index contributed by atoms with van der Waals surface area (Å²) in [5.41, 5.74) is 3.37. The first-order valence-electron chi connectivity index (χ1n) is 11.0. The van der Waals surface area contributed by atoms with Crippen LogP contribution in [-0.4, -0.2) is 28.6 Å². The molecule has 1 heterocycles. The molecule has 0 saturated carbocycles. The molecule has 0 radical (unpaired) electrons. The minimum Gasteiger partial charge on any atom is -0.491 e. The van der Waals surface area contributed by atoms with Crippen LogP contribution in [0.25, 0.3) is 11.0 Å². The zero-order valence-corrected chi connectivity index (χ0v) is 18.4. The Morgan fingerprint density at radius 2 is 1.90 bits per heavy atom. The van der Waals surface area contributed by atoms with Crippen LogP contribution < -0.4 is 10.1 Å². The van der Waals surface area contributed by atoms with E-state index in [1.54, 1.807) is 0 Å². The van der Waals surface area contributed by atoms with Crippen molar-refractivity contribution in [2.45, 2.75) is 58.9 Å². The first kappa shape index (κ1) is 21.9. The first-order chi connectivity index (χ1) is 14.6. The number of benzene rings is 2. The normalized spacial score (nSPS) is 11.2. The zero-order valence-electron chi connectivity index (χ0n) is 18.4. The number of ether oxygens (including phenoxy) is 1. The van der Waals surface area contributed by atoms with Gasteiger partial charge in [0.05, 0.1) is 17.6 Å². The summed E-state index contributed by atoms with van der Waals surface area (Å²) in [6.45, 7) is 8.39. The Bertz CT molecular complexity index is 962. The van der Waals surface area contributed by atoms with Crippen molar-refractivity contribution in [2.24, 2.45) is 0 Å². The van der Waals surface area contributed by atoms with E-state index < -0.39 is 0 Å². The van der Waals surface area contributed by atoms with E-state index >= 15 is 0 Å². The van der Waals surface area contributed by atoms with Gasteiger partial charge in [0.2, 0.25) is 5.91 Å². The Morgan fingerprint density at radius 1 is 1.13 bits per heavy atom. The molecule has 3 aromatic rings. The molecule has 1 N–H and O–H groups in total. The van der Waals surface area contributed by atoms with Crippen molar-refractivity contribution in [3.8, 4) is 5.75 Å². The molecule has 5 nitrogen and oxygen atoms in total. The second kappa shape index (κ2) is 10.8. The number of amides is 1. The van der Waals surface area contributed by atoms with Gasteiger partial charge in [-0.05, 0) is 42.5 Å². The van der Waals surface area contributed by atoms with Gasteiger partial charge >= 0.3 is 0 Å². The number of rotatable bonds is 11. The number of hydrogen-bond acceptors (Lipinski definition) is 3. The lowest BCUT2D eigenvalue weighted by molar-refractivity contribution is -0.121. The third kappa shape index (κ3) is 5.62. The number of fused-ring (bicyclic) bond motifs is 1. The number of nitrogens with one attached hydrogen (secondary N) is 1. The van der Waals surface area contributed by atoms with Crippen molar-refractivity contribution in [1.29, 1.82) is 0 Å². The van der Waals surface area contributed by atoms with Crippen molar-refractivity contribution >= 4 is 16.9 Å². The second-order valence-corrected chi connectivity index (χ2v) is 7.91. The molecule has 2 aromatic carbocycles. The van der Waals surface area contributed by atoms with Crippen LogP contribution in [0.5, 0.6) is 5.75 Å². The Morgan fingerprint density at radius 3 is 2.70 bits per heavy atom. The Balaban J connectivity index is 1.65. The predicted octanol–water partition coefficient (Wildman–Crippen LogP) is 5.09. The smallest absolute Gasteiger partial charge is 0.219 e. The summed E-state index contributed by atoms with van der Waals surface area (Å²) < 4.78 is 8.41. The van der Waals surface area contributed by atoms with Crippen molar-refractivity contribution in [3.63, 3.8) is 0 Å². The van der Waals surface area contributed by atoms with Gasteiger partial charge in [0.25, 0.3) is 0 Å². The number of imidazole rings is 1. The summed E-state index contributed by atoms with van der Waals surface area (Å²) in [5.74, 6) is 2.55. The summed E-state index contributed by atoms with van der Waals surface area (Å²) >= 11 is 0. The van der Waals surface area contributed by atoms with Crippen LogP contribution in [-0.2, 0) is 17.8 Å². The number of aromatic nitrogens is 2. The van der Waals surface area contributed by atoms with E-state index in [4.69, 9.17) is 9.72 Å². The first-order valence-corrected chi connectivity index (χ1v) is 11.0. The molecule has 0 aliphatic rings. The van der Waals surface area contributed by atoms with Gasteiger partial charge in [-0.3, -0.25) is 4.79 Å². The molecule has 1 aromatic heterocycles. The predicted molar refractivity (Wildman–Crippen MR) is 122 cm³/mol. The van der Waals surface area contributed by atoms with E-state index in [1.165, 1.54) is 5.56 Å². The molecular formula is C25H33N3O2. The van der Waals surface area contributed by atoms with Gasteiger partial charge in [0.1, 0.15) is 18.2 Å². The average molecular weight is 408 g/mol. The number of carbonyl (C=O) groups excluding carboxylic acids is 1. The van der Waals surface area contributed by atoms with E-state index in [0.717, 1.165) is 48.4 Å². The fourth-order valence-electron chi connectivity index (χ4n) is 3.69. The highest BCUT2D eigenvalue weighted by molar-refractivity contribution is 5.76. The molecule has 0 saturated heterocycles. The van der Waals surface area contributed by atoms with Crippen LogP contribution in [0.3, 0.4) is 0 Å². The molecule has 0 aliphatic heterocycles. The number of nitrogens with zero attached hydrogens (tertiary/aromatic N) is 2. The fraction of sp³-hybridized carbons (Fsp3) is 0.440. The molecule has 5 heteroatoms. The molecule has 0 fully saturated rings. The quantitative estimate of drug-likeness (QED) is 0.451. The average Bonchev–Trinajstić information content (AvgIpc) is 3.09. The van der Waals surface area contributed by atoms with Crippen molar-refractivity contribution in [1.82, 2.24) is 14.9 Å². The van der Waals surface area contributed by atoms with Gasteiger partial charge in [-0.15, -0.1) is 0 Å². The molecule has 1 amide bonds. The molecule has 0 unspecified atom stereocenters. The number of para-hydroxylation sites is 3. The molecule has 0 aliphatic carbocycles. The summed E-state index contributed by atoms with van der Waals surface area (Å²) in [6.07, 6.45) is 3.16. The number of hydrogen-bond donors (Lipinski definition) is 1. The molecule has 0 bridgehead atoms. The number of aryl methyl sites for hydroxylation is 1. The molecule has 0 spiro atoms. The van der Waals surface area contributed by atoms with Crippen LogP contribution in [0, 0.1) is 0 Å². The summed E-state index contributed by atoms with van der Waals surface area (Å²) in [6, 6.07) is 16.5. The topological polar surface area (TPSA) is 56.2 Å². The lowest BCUT2D eigenvalue weighted by atomic mass is 10.0. The Hall–Kier alpha value is -2.82. The molecule has 30 heavy (non-hydrogen) atoms. The standard InChI is InChI=1S/C25H33N3O2/c1-4-10-25(29)26-16-9-15-24-27-21-12-6-7-13-22(21)28(24)17-18-30-23-14-8-5-11-20(23)19(2)3/h5-8,11-14,19H,4,9-10,15-18H2,1-3H3,(H,26,29). The summed E-state index contributed by atoms with van der Waals surface area (Å²) in [5, 5.41) is 2.99. The fourth-order valence-corrected chi connectivity index (χ4v) is 3.69.